The Labute approximate surface area is 152 Å². The van der Waals surface area contributed by atoms with E-state index in [9.17, 15) is 9.90 Å². The fourth-order valence-electron chi connectivity index (χ4n) is 3.07. The molecule has 7 heteroatoms. The van der Waals surface area contributed by atoms with Gasteiger partial charge >= 0.3 is 0 Å². The van der Waals surface area contributed by atoms with E-state index in [-0.39, 0.29) is 30.2 Å². The number of hydrogen-bond donors (Lipinski definition) is 1. The van der Waals surface area contributed by atoms with Crippen molar-refractivity contribution in [1.82, 2.24) is 9.88 Å². The maximum absolute atomic E-state index is 12.6. The summed E-state index contributed by atoms with van der Waals surface area (Å²) < 4.78 is 16.1. The summed E-state index contributed by atoms with van der Waals surface area (Å²) in [6.45, 7) is 3.37. The Morgan fingerprint density at radius 2 is 2.08 bits per heavy atom. The van der Waals surface area contributed by atoms with Gasteiger partial charge in [0.25, 0.3) is 5.91 Å². The Bertz CT molecular complexity index is 743. The highest BCUT2D eigenvalue weighted by Gasteiger charge is 2.33. The molecule has 1 aromatic carbocycles. The number of rotatable bonds is 6. The summed E-state index contributed by atoms with van der Waals surface area (Å²) in [5.74, 6) is 1.57. The van der Waals surface area contributed by atoms with Crippen LogP contribution in [0.1, 0.15) is 36.1 Å². The van der Waals surface area contributed by atoms with Crippen molar-refractivity contribution in [3.63, 3.8) is 0 Å². The summed E-state index contributed by atoms with van der Waals surface area (Å²) in [6, 6.07) is 7.18. The van der Waals surface area contributed by atoms with Crippen molar-refractivity contribution in [2.75, 3.05) is 26.8 Å². The van der Waals surface area contributed by atoms with Gasteiger partial charge in [0.15, 0.2) is 12.3 Å². The number of carbonyl (C=O) groups excluding carboxylic acids is 1. The molecule has 0 aliphatic carbocycles. The van der Waals surface area contributed by atoms with E-state index in [0.29, 0.717) is 24.7 Å². The average Bonchev–Trinajstić information content (AvgIpc) is 3.15. The van der Waals surface area contributed by atoms with E-state index in [4.69, 9.17) is 13.9 Å². The molecule has 2 heterocycles. The number of aliphatic hydroxyl groups is 1. The predicted molar refractivity (Wildman–Crippen MR) is 94.2 cm³/mol. The first kappa shape index (κ1) is 18.3. The second kappa shape index (κ2) is 7.78. The first-order valence-corrected chi connectivity index (χ1v) is 8.64. The zero-order valence-corrected chi connectivity index (χ0v) is 15.1. The molecule has 0 radical (unpaired) electrons. The van der Waals surface area contributed by atoms with Crippen LogP contribution in [0.5, 0.6) is 11.5 Å². The molecule has 1 fully saturated rings. The molecule has 140 valence electrons. The summed E-state index contributed by atoms with van der Waals surface area (Å²) in [5, 5.41) is 9.54. The highest BCUT2D eigenvalue weighted by Crippen LogP contribution is 2.29. The predicted octanol–water partition coefficient (Wildman–Crippen LogP) is 2.50. The van der Waals surface area contributed by atoms with Crippen molar-refractivity contribution >= 4 is 5.91 Å². The van der Waals surface area contributed by atoms with Gasteiger partial charge in [-0.05, 0) is 37.1 Å². The van der Waals surface area contributed by atoms with Crippen molar-refractivity contribution < 1.29 is 23.8 Å². The standard InChI is InChI=1S/C19H24N2O5/c1-19(13-22)8-3-9-21(12-19)18(23)16-10-26-17(20-16)11-25-15-6-4-14(24-2)5-7-15/h4-7,10,22H,3,8-9,11-13H2,1-2H3/t19-/m0/s1. The molecule has 3 rings (SSSR count). The van der Waals surface area contributed by atoms with Crippen LogP contribution < -0.4 is 9.47 Å². The molecule has 1 saturated heterocycles. The third-order valence-corrected chi connectivity index (χ3v) is 4.64. The molecule has 26 heavy (non-hydrogen) atoms. The molecule has 1 N–H and O–H groups in total. The number of benzene rings is 1. The van der Waals surface area contributed by atoms with E-state index in [1.807, 2.05) is 6.92 Å². The molecule has 1 aromatic heterocycles. The largest absolute Gasteiger partial charge is 0.497 e. The number of oxazole rings is 1. The number of likely N-dealkylation sites (tertiary alicyclic amines) is 1. The number of piperidine rings is 1. The molecule has 1 atom stereocenters. The fraction of sp³-hybridized carbons (Fsp3) is 0.474. The van der Waals surface area contributed by atoms with Crippen molar-refractivity contribution in [3.05, 3.63) is 42.1 Å². The van der Waals surface area contributed by atoms with E-state index < -0.39 is 0 Å². The summed E-state index contributed by atoms with van der Waals surface area (Å²) >= 11 is 0. The Balaban J connectivity index is 1.59. The summed E-state index contributed by atoms with van der Waals surface area (Å²) in [5.41, 5.74) is 0.0123. The molecule has 1 aliphatic rings. The van der Waals surface area contributed by atoms with Gasteiger partial charge in [0.1, 0.15) is 17.8 Å². The van der Waals surface area contributed by atoms with E-state index >= 15 is 0 Å². The second-order valence-corrected chi connectivity index (χ2v) is 6.89. The van der Waals surface area contributed by atoms with Gasteiger partial charge < -0.3 is 23.9 Å². The van der Waals surface area contributed by atoms with Gasteiger partial charge in [-0.3, -0.25) is 4.79 Å². The Kier molecular flexibility index (Phi) is 5.46. The zero-order chi connectivity index (χ0) is 18.6. The number of aliphatic hydroxyl groups excluding tert-OH is 1. The van der Waals surface area contributed by atoms with Gasteiger partial charge in [0, 0.05) is 18.5 Å². The minimum absolute atomic E-state index is 0.0660. The molecule has 0 bridgehead atoms. The molecular weight excluding hydrogens is 336 g/mol. The molecule has 0 unspecified atom stereocenters. The van der Waals surface area contributed by atoms with E-state index in [2.05, 4.69) is 4.98 Å². The van der Waals surface area contributed by atoms with Gasteiger partial charge in [0.2, 0.25) is 5.89 Å². The van der Waals surface area contributed by atoms with Crippen LogP contribution in [0.4, 0.5) is 0 Å². The maximum atomic E-state index is 12.6. The number of ether oxygens (including phenoxy) is 2. The second-order valence-electron chi connectivity index (χ2n) is 6.89. The van der Waals surface area contributed by atoms with Crippen LogP contribution in [0.15, 0.2) is 34.9 Å². The maximum Gasteiger partial charge on any atom is 0.275 e. The van der Waals surface area contributed by atoms with Crippen molar-refractivity contribution in [2.45, 2.75) is 26.4 Å². The zero-order valence-electron chi connectivity index (χ0n) is 15.1. The molecule has 0 saturated carbocycles. The summed E-state index contributed by atoms with van der Waals surface area (Å²) in [4.78, 5) is 18.6. The normalized spacial score (nSPS) is 20.0. The molecule has 2 aromatic rings. The topological polar surface area (TPSA) is 85.0 Å². The number of nitrogens with zero attached hydrogens (tertiary/aromatic N) is 2. The van der Waals surface area contributed by atoms with Gasteiger partial charge in [0.05, 0.1) is 13.7 Å². The van der Waals surface area contributed by atoms with Crippen LogP contribution in [0.3, 0.4) is 0 Å². The fourth-order valence-corrected chi connectivity index (χ4v) is 3.07. The third kappa shape index (κ3) is 4.16. The lowest BCUT2D eigenvalue weighted by molar-refractivity contribution is 0.0353. The Morgan fingerprint density at radius 3 is 2.77 bits per heavy atom. The number of methoxy groups -OCH3 is 1. The number of hydrogen-bond acceptors (Lipinski definition) is 6. The van der Waals surface area contributed by atoms with E-state index in [1.165, 1.54) is 6.26 Å². The quantitative estimate of drug-likeness (QED) is 0.852. The van der Waals surface area contributed by atoms with Gasteiger partial charge in [-0.1, -0.05) is 6.92 Å². The van der Waals surface area contributed by atoms with Crippen LogP contribution in [0.2, 0.25) is 0 Å². The number of carbonyl (C=O) groups is 1. The molecule has 1 aliphatic heterocycles. The Hall–Kier alpha value is -2.54. The van der Waals surface area contributed by atoms with E-state index in [1.54, 1.807) is 36.3 Å². The lowest BCUT2D eigenvalue weighted by Gasteiger charge is -2.38. The highest BCUT2D eigenvalue weighted by molar-refractivity contribution is 5.92. The lowest BCUT2D eigenvalue weighted by Crippen LogP contribution is -2.46. The van der Waals surface area contributed by atoms with Crippen LogP contribution in [-0.4, -0.2) is 47.7 Å². The van der Waals surface area contributed by atoms with Crippen molar-refractivity contribution in [2.24, 2.45) is 5.41 Å². The average molecular weight is 360 g/mol. The lowest BCUT2D eigenvalue weighted by atomic mass is 9.83. The number of aromatic nitrogens is 1. The van der Waals surface area contributed by atoms with Crippen LogP contribution >= 0.6 is 0 Å². The highest BCUT2D eigenvalue weighted by atomic mass is 16.5. The first-order valence-electron chi connectivity index (χ1n) is 8.64. The monoisotopic (exact) mass is 360 g/mol. The SMILES string of the molecule is COc1ccc(OCc2nc(C(=O)N3CCC[C@](C)(CO)C3)co2)cc1. The minimum Gasteiger partial charge on any atom is -0.497 e. The summed E-state index contributed by atoms with van der Waals surface area (Å²) in [6.07, 6.45) is 3.14. The van der Waals surface area contributed by atoms with Crippen molar-refractivity contribution in [1.29, 1.82) is 0 Å². The Morgan fingerprint density at radius 1 is 1.35 bits per heavy atom. The van der Waals surface area contributed by atoms with Crippen LogP contribution in [0, 0.1) is 5.41 Å². The van der Waals surface area contributed by atoms with Gasteiger partial charge in [-0.25, -0.2) is 4.98 Å². The summed E-state index contributed by atoms with van der Waals surface area (Å²) in [7, 11) is 1.60. The van der Waals surface area contributed by atoms with Crippen molar-refractivity contribution in [3.8, 4) is 11.5 Å². The smallest absolute Gasteiger partial charge is 0.275 e. The molecule has 0 spiro atoms. The van der Waals surface area contributed by atoms with Gasteiger partial charge in [-0.15, -0.1) is 0 Å². The van der Waals surface area contributed by atoms with E-state index in [0.717, 1.165) is 18.6 Å². The molecule has 7 nitrogen and oxygen atoms in total. The van der Waals surface area contributed by atoms with Crippen LogP contribution in [-0.2, 0) is 6.61 Å². The minimum atomic E-state index is -0.252. The van der Waals surface area contributed by atoms with Gasteiger partial charge in [-0.2, -0.15) is 0 Å². The van der Waals surface area contributed by atoms with Crippen LogP contribution in [0.25, 0.3) is 0 Å². The molecule has 1 amide bonds. The molecular formula is C19H24N2O5. The third-order valence-electron chi connectivity index (χ3n) is 4.64. The first-order chi connectivity index (χ1) is 12.5. The number of amides is 1.